The molecule has 0 N–H and O–H groups in total. The summed E-state index contributed by atoms with van der Waals surface area (Å²) in [7, 11) is 0. The molecule has 9 rings (SSSR count). The fourth-order valence-electron chi connectivity index (χ4n) is 9.45. The number of aryl methyl sites for hydroxylation is 3. The van der Waals surface area contributed by atoms with Gasteiger partial charge in [0.1, 0.15) is 23.5 Å². The van der Waals surface area contributed by atoms with E-state index in [2.05, 4.69) is 217 Å². The number of ether oxygens (including phenoxy) is 1. The van der Waals surface area contributed by atoms with Gasteiger partial charge in [-0.3, -0.25) is 4.57 Å². The van der Waals surface area contributed by atoms with Crippen LogP contribution in [0.15, 0.2) is 140 Å². The Kier molecular flexibility index (Phi) is 9.82. The van der Waals surface area contributed by atoms with Crippen LogP contribution in [-0.4, -0.2) is 20.6 Å². The summed E-state index contributed by atoms with van der Waals surface area (Å²) < 4.78 is 9.37. The van der Waals surface area contributed by atoms with Crippen molar-refractivity contribution in [1.82, 2.24) is 14.5 Å². The molecule has 7 aromatic rings. The Balaban J connectivity index is 1.23. The average molecular weight is 789 g/mol. The molecule has 60 heavy (non-hydrogen) atoms. The molecule has 0 fully saturated rings. The second kappa shape index (κ2) is 15.0. The molecule has 5 aromatic carbocycles. The number of fused-ring (bicyclic) bond motifs is 4. The van der Waals surface area contributed by atoms with Gasteiger partial charge in [0, 0.05) is 46.7 Å². The molecule has 0 radical (unpaired) electrons. The van der Waals surface area contributed by atoms with Gasteiger partial charge in [-0.15, -0.1) is 0 Å². The second-order valence-electron chi connectivity index (χ2n) is 18.4. The number of aromatic nitrogens is 2. The number of hydrogen-bond acceptors (Lipinski definition) is 4. The molecule has 0 aliphatic carbocycles. The van der Waals surface area contributed by atoms with E-state index in [1.165, 1.54) is 50.0 Å². The highest BCUT2D eigenvalue weighted by Crippen LogP contribution is 2.44. The van der Waals surface area contributed by atoms with Crippen LogP contribution >= 0.6 is 0 Å². The Labute approximate surface area is 356 Å². The van der Waals surface area contributed by atoms with Gasteiger partial charge in [0.05, 0.1) is 16.7 Å². The molecular formula is C55H56N4O. The molecule has 2 aromatic heterocycles. The lowest BCUT2D eigenvalue weighted by molar-refractivity contribution is 0.469. The molecule has 2 aliphatic rings. The van der Waals surface area contributed by atoms with Gasteiger partial charge in [0.15, 0.2) is 0 Å². The summed E-state index contributed by atoms with van der Waals surface area (Å²) in [6.07, 6.45) is 13.1. The van der Waals surface area contributed by atoms with Gasteiger partial charge in [-0.1, -0.05) is 109 Å². The molecule has 0 saturated carbocycles. The molecule has 1 unspecified atom stereocenters. The minimum Gasteiger partial charge on any atom is -0.457 e. The van der Waals surface area contributed by atoms with E-state index < -0.39 is 0 Å². The molecule has 0 saturated heterocycles. The predicted molar refractivity (Wildman–Crippen MR) is 252 cm³/mol. The first-order valence-electron chi connectivity index (χ1n) is 21.4. The van der Waals surface area contributed by atoms with E-state index in [1.54, 1.807) is 0 Å². The fourth-order valence-corrected chi connectivity index (χ4v) is 9.45. The number of hydrogen-bond donors (Lipinski definition) is 0. The van der Waals surface area contributed by atoms with Crippen LogP contribution in [-0.2, 0) is 5.41 Å². The van der Waals surface area contributed by atoms with Gasteiger partial charge < -0.3 is 14.5 Å². The Morgan fingerprint density at radius 3 is 2.07 bits per heavy atom. The van der Waals surface area contributed by atoms with Crippen LogP contribution in [0.3, 0.4) is 0 Å². The minimum atomic E-state index is -0.0130. The van der Waals surface area contributed by atoms with Gasteiger partial charge in [0.2, 0.25) is 0 Å². The maximum atomic E-state index is 7.09. The number of pyridine rings is 1. The topological polar surface area (TPSA) is 33.5 Å². The maximum absolute atomic E-state index is 7.09. The van der Waals surface area contributed by atoms with E-state index in [0.717, 1.165) is 50.6 Å². The summed E-state index contributed by atoms with van der Waals surface area (Å²) in [5, 5.41) is 2.35. The smallest absolute Gasteiger partial charge is 0.137 e. The molecule has 2 aliphatic heterocycles. The van der Waals surface area contributed by atoms with Crippen molar-refractivity contribution >= 4 is 33.2 Å². The van der Waals surface area contributed by atoms with Crippen LogP contribution in [0, 0.1) is 20.8 Å². The van der Waals surface area contributed by atoms with Crippen LogP contribution in [0.1, 0.15) is 99.2 Å². The predicted octanol–water partition coefficient (Wildman–Crippen LogP) is 14.6. The van der Waals surface area contributed by atoms with E-state index >= 15 is 0 Å². The lowest BCUT2D eigenvalue weighted by Gasteiger charge is -2.33. The molecule has 0 spiro atoms. The summed E-state index contributed by atoms with van der Waals surface area (Å²) in [6.45, 7) is 22.6. The number of rotatable bonds is 8. The van der Waals surface area contributed by atoms with E-state index in [1.807, 2.05) is 6.20 Å². The van der Waals surface area contributed by atoms with E-state index in [9.17, 15) is 0 Å². The zero-order valence-corrected chi connectivity index (χ0v) is 36.7. The third kappa shape index (κ3) is 6.90. The van der Waals surface area contributed by atoms with Crippen LogP contribution in [0.25, 0.3) is 44.4 Å². The fraction of sp³-hybridized carbons (Fsp3) is 0.255. The monoisotopic (exact) mass is 788 g/mol. The summed E-state index contributed by atoms with van der Waals surface area (Å²) in [6, 6.07) is 37.7. The second-order valence-corrected chi connectivity index (χ2v) is 18.4. The van der Waals surface area contributed by atoms with Crippen molar-refractivity contribution in [3.8, 4) is 28.4 Å². The molecule has 5 nitrogen and oxygen atoms in total. The normalized spacial score (nSPS) is 15.2. The van der Waals surface area contributed by atoms with Crippen molar-refractivity contribution in [2.75, 3.05) is 4.90 Å². The Morgan fingerprint density at radius 1 is 0.650 bits per heavy atom. The highest BCUT2D eigenvalue weighted by molar-refractivity contribution is 6.09. The maximum Gasteiger partial charge on any atom is 0.137 e. The third-order valence-electron chi connectivity index (χ3n) is 12.2. The third-order valence-corrected chi connectivity index (χ3v) is 12.2. The number of benzene rings is 5. The van der Waals surface area contributed by atoms with Gasteiger partial charge >= 0.3 is 0 Å². The van der Waals surface area contributed by atoms with Crippen LogP contribution in [0.4, 0.5) is 5.69 Å². The molecule has 5 heteroatoms. The quantitative estimate of drug-likeness (QED) is 0.154. The molecular weight excluding hydrogens is 733 g/mol. The first-order valence-corrected chi connectivity index (χ1v) is 21.4. The minimum absolute atomic E-state index is 0.0130. The van der Waals surface area contributed by atoms with E-state index in [4.69, 9.17) is 9.72 Å². The molecule has 302 valence electrons. The summed E-state index contributed by atoms with van der Waals surface area (Å²) in [4.78, 5) is 9.75. The van der Waals surface area contributed by atoms with Crippen LogP contribution in [0.2, 0.25) is 0 Å². The Hall–Kier alpha value is -6.33. The highest BCUT2D eigenvalue weighted by atomic mass is 16.5. The zero-order valence-electron chi connectivity index (χ0n) is 36.7. The van der Waals surface area contributed by atoms with E-state index in [-0.39, 0.29) is 11.6 Å². The first-order chi connectivity index (χ1) is 28.8. The summed E-state index contributed by atoms with van der Waals surface area (Å²) >= 11 is 0. The number of nitrogens with zero attached hydrogens (tertiary/aromatic N) is 4. The number of para-hydroxylation sites is 1. The lowest BCUT2D eigenvalue weighted by Crippen LogP contribution is -2.36. The number of anilines is 1. The SMILES string of the molecule is Cc1cc(C)c(N2C=C(c3cc(Oc4ccc5c6ccccc6n(-c6cc(C(C)(C)C)ccn6)c5c4)cc(-c4c(C(C)C)cccc4C(C)C)c3)N3C=CC=CC32)c(C)c1. The van der Waals surface area contributed by atoms with Crippen molar-refractivity contribution in [3.05, 3.63) is 179 Å². The summed E-state index contributed by atoms with van der Waals surface area (Å²) in [5.41, 5.74) is 15.8. The Bertz CT molecular complexity index is 2850. The summed E-state index contributed by atoms with van der Waals surface area (Å²) in [5.74, 6) is 3.15. The van der Waals surface area contributed by atoms with E-state index in [0.29, 0.717) is 11.8 Å². The van der Waals surface area contributed by atoms with Crippen LogP contribution in [0.5, 0.6) is 11.5 Å². The van der Waals surface area contributed by atoms with Crippen molar-refractivity contribution < 1.29 is 4.74 Å². The Morgan fingerprint density at radius 2 is 1.35 bits per heavy atom. The molecule has 1 atom stereocenters. The first kappa shape index (κ1) is 39.1. The lowest BCUT2D eigenvalue weighted by atomic mass is 9.84. The van der Waals surface area contributed by atoms with Crippen LogP contribution < -0.4 is 9.64 Å². The van der Waals surface area contributed by atoms with Gasteiger partial charge in [-0.2, -0.15) is 0 Å². The molecule has 4 heterocycles. The van der Waals surface area contributed by atoms with Gasteiger partial charge in [0.25, 0.3) is 0 Å². The standard InChI is InChI=1S/C55H56N4O/c1-34(2)44-17-15-18-45(35(3)4)53(44)40-28-39(50-33-58(52-20-13-14-25-57(50)52)54-37(6)26-36(5)27-38(54)7)29-43(30-40)60-42-21-22-47-46-16-11-12-19-48(46)59(49(47)32-42)51-31-41(23-24-56-51)55(8,9)10/h11-35,52H,1-10H3. The van der Waals surface area contributed by atoms with Crippen molar-refractivity contribution in [2.24, 2.45) is 0 Å². The largest absolute Gasteiger partial charge is 0.457 e. The zero-order chi connectivity index (χ0) is 42.0. The molecule has 0 amide bonds. The highest BCUT2D eigenvalue weighted by Gasteiger charge is 2.34. The molecule has 0 bridgehead atoms. The van der Waals surface area contributed by atoms with Crippen molar-refractivity contribution in [1.29, 1.82) is 0 Å². The average Bonchev–Trinajstić information content (AvgIpc) is 3.75. The van der Waals surface area contributed by atoms with Gasteiger partial charge in [-0.05, 0) is 138 Å². The van der Waals surface area contributed by atoms with Gasteiger partial charge in [-0.25, -0.2) is 4.98 Å². The van der Waals surface area contributed by atoms with Crippen molar-refractivity contribution in [3.63, 3.8) is 0 Å². The number of allylic oxidation sites excluding steroid dienone is 2. The van der Waals surface area contributed by atoms with Crippen molar-refractivity contribution in [2.45, 2.75) is 92.7 Å².